The molecule has 5 rings (SSSR count). The third kappa shape index (κ3) is 3.78. The Morgan fingerprint density at radius 1 is 1.13 bits per heavy atom. The molecule has 1 aliphatic rings. The van der Waals surface area contributed by atoms with Crippen molar-refractivity contribution in [3.05, 3.63) is 94.6 Å². The topological polar surface area (TPSA) is 47.2 Å². The average molecular weight is 413 g/mol. The Morgan fingerprint density at radius 2 is 2.00 bits per heavy atom. The first-order chi connectivity index (χ1) is 15.1. The zero-order valence-electron chi connectivity index (χ0n) is 18.2. The van der Waals surface area contributed by atoms with Crippen molar-refractivity contribution in [1.82, 2.24) is 9.88 Å². The second-order valence-corrected chi connectivity index (χ2v) is 8.70. The first kappa shape index (κ1) is 19.7. The van der Waals surface area contributed by atoms with E-state index in [2.05, 4.69) is 66.2 Å². The van der Waals surface area contributed by atoms with Gasteiger partial charge in [0, 0.05) is 29.1 Å². The van der Waals surface area contributed by atoms with Crippen LogP contribution in [0.15, 0.2) is 65.3 Å². The van der Waals surface area contributed by atoms with Crippen LogP contribution in [0.1, 0.15) is 40.1 Å². The van der Waals surface area contributed by atoms with Crippen LogP contribution in [0.2, 0.25) is 0 Å². The maximum atomic E-state index is 12.9. The summed E-state index contributed by atoms with van der Waals surface area (Å²) in [6, 6.07) is 19.0. The largest absolute Gasteiger partial charge is 0.467 e. The minimum Gasteiger partial charge on any atom is -0.467 e. The summed E-state index contributed by atoms with van der Waals surface area (Å²) in [5, 5.41) is 4.34. The SMILES string of the molecule is Cc1ccc(C)c(Cn2c3c(c4ccccc42)CC(C(=O)NCc2ccco2)CC3)c1. The van der Waals surface area contributed by atoms with E-state index in [0.717, 1.165) is 31.6 Å². The normalized spacial score (nSPS) is 15.7. The molecule has 1 amide bonds. The van der Waals surface area contributed by atoms with Gasteiger partial charge in [-0.15, -0.1) is 0 Å². The molecule has 4 nitrogen and oxygen atoms in total. The lowest BCUT2D eigenvalue weighted by Crippen LogP contribution is -2.33. The number of para-hydroxylation sites is 1. The van der Waals surface area contributed by atoms with Crippen LogP contribution in [-0.4, -0.2) is 10.5 Å². The predicted molar refractivity (Wildman–Crippen MR) is 123 cm³/mol. The molecular weight excluding hydrogens is 384 g/mol. The Kier molecular flexibility index (Phi) is 5.14. The third-order valence-corrected chi connectivity index (χ3v) is 6.60. The van der Waals surface area contributed by atoms with E-state index in [-0.39, 0.29) is 11.8 Å². The van der Waals surface area contributed by atoms with Crippen LogP contribution in [0.3, 0.4) is 0 Å². The monoisotopic (exact) mass is 412 g/mol. The number of aromatic nitrogens is 1. The van der Waals surface area contributed by atoms with E-state index in [4.69, 9.17) is 4.42 Å². The van der Waals surface area contributed by atoms with E-state index in [1.807, 2.05) is 12.1 Å². The van der Waals surface area contributed by atoms with Gasteiger partial charge >= 0.3 is 0 Å². The van der Waals surface area contributed by atoms with Gasteiger partial charge in [-0.2, -0.15) is 0 Å². The van der Waals surface area contributed by atoms with Crippen molar-refractivity contribution in [2.24, 2.45) is 5.92 Å². The summed E-state index contributed by atoms with van der Waals surface area (Å²) in [6.07, 6.45) is 4.23. The van der Waals surface area contributed by atoms with Gasteiger partial charge in [-0.1, -0.05) is 42.0 Å². The number of carbonyl (C=O) groups is 1. The van der Waals surface area contributed by atoms with Crippen LogP contribution in [-0.2, 0) is 30.7 Å². The number of nitrogens with one attached hydrogen (secondary N) is 1. The van der Waals surface area contributed by atoms with E-state index in [9.17, 15) is 4.79 Å². The summed E-state index contributed by atoms with van der Waals surface area (Å²) < 4.78 is 7.82. The van der Waals surface area contributed by atoms with Gasteiger partial charge < -0.3 is 14.3 Å². The maximum Gasteiger partial charge on any atom is 0.223 e. The molecule has 0 saturated heterocycles. The van der Waals surface area contributed by atoms with Crippen LogP contribution in [0.4, 0.5) is 0 Å². The van der Waals surface area contributed by atoms with Crippen molar-refractivity contribution in [1.29, 1.82) is 0 Å². The van der Waals surface area contributed by atoms with Crippen molar-refractivity contribution in [2.45, 2.75) is 46.2 Å². The molecule has 1 aliphatic carbocycles. The number of hydrogen-bond acceptors (Lipinski definition) is 2. The highest BCUT2D eigenvalue weighted by molar-refractivity contribution is 5.88. The van der Waals surface area contributed by atoms with Gasteiger partial charge in [-0.25, -0.2) is 0 Å². The summed E-state index contributed by atoms with van der Waals surface area (Å²) in [5.74, 6) is 0.908. The predicted octanol–water partition coefficient (Wildman–Crippen LogP) is 5.32. The Morgan fingerprint density at radius 3 is 2.84 bits per heavy atom. The van der Waals surface area contributed by atoms with Gasteiger partial charge in [0.2, 0.25) is 5.91 Å². The standard InChI is InChI=1S/C27H28N2O2/c1-18-9-10-19(2)21(14-18)17-29-25-8-4-3-7-23(25)24-15-20(11-12-26(24)29)27(30)28-16-22-6-5-13-31-22/h3-10,13-14,20H,11-12,15-17H2,1-2H3,(H,28,30). The third-order valence-electron chi connectivity index (χ3n) is 6.60. The Bertz CT molecular complexity index is 1230. The molecule has 0 saturated carbocycles. The molecule has 1 atom stereocenters. The van der Waals surface area contributed by atoms with Crippen LogP contribution in [0.5, 0.6) is 0 Å². The van der Waals surface area contributed by atoms with Crippen molar-refractivity contribution in [3.8, 4) is 0 Å². The maximum absolute atomic E-state index is 12.9. The van der Waals surface area contributed by atoms with E-state index in [1.165, 1.54) is 38.9 Å². The number of rotatable bonds is 5. The molecule has 0 bridgehead atoms. The van der Waals surface area contributed by atoms with Crippen LogP contribution in [0.25, 0.3) is 10.9 Å². The van der Waals surface area contributed by atoms with Crippen molar-refractivity contribution >= 4 is 16.8 Å². The quantitative estimate of drug-likeness (QED) is 0.482. The second kappa shape index (κ2) is 8.10. The van der Waals surface area contributed by atoms with E-state index in [1.54, 1.807) is 6.26 Å². The first-order valence-electron chi connectivity index (χ1n) is 11.1. The average Bonchev–Trinajstić information content (AvgIpc) is 3.41. The fraction of sp³-hybridized carbons (Fsp3) is 0.296. The molecule has 0 spiro atoms. The van der Waals surface area contributed by atoms with Gasteiger partial charge in [0.05, 0.1) is 12.8 Å². The Labute approximate surface area is 182 Å². The fourth-order valence-corrected chi connectivity index (χ4v) is 4.88. The summed E-state index contributed by atoms with van der Waals surface area (Å²) in [7, 11) is 0. The molecule has 4 heteroatoms. The number of carbonyl (C=O) groups excluding carboxylic acids is 1. The zero-order chi connectivity index (χ0) is 21.4. The van der Waals surface area contributed by atoms with Gasteiger partial charge in [0.1, 0.15) is 5.76 Å². The summed E-state index contributed by atoms with van der Waals surface area (Å²) in [6.45, 7) is 5.66. The highest BCUT2D eigenvalue weighted by atomic mass is 16.3. The smallest absolute Gasteiger partial charge is 0.223 e. The Balaban J connectivity index is 1.44. The highest BCUT2D eigenvalue weighted by Crippen LogP contribution is 2.35. The first-order valence-corrected chi connectivity index (χ1v) is 11.1. The molecule has 0 fully saturated rings. The molecule has 1 N–H and O–H groups in total. The molecular formula is C27H28N2O2. The molecule has 0 aliphatic heterocycles. The van der Waals surface area contributed by atoms with E-state index >= 15 is 0 Å². The molecule has 0 radical (unpaired) electrons. The fourth-order valence-electron chi connectivity index (χ4n) is 4.88. The van der Waals surface area contributed by atoms with Gasteiger partial charge in [-0.3, -0.25) is 4.79 Å². The minimum absolute atomic E-state index is 0.00224. The van der Waals surface area contributed by atoms with E-state index in [0.29, 0.717) is 6.54 Å². The van der Waals surface area contributed by atoms with Crippen LogP contribution >= 0.6 is 0 Å². The lowest BCUT2D eigenvalue weighted by atomic mass is 9.85. The number of amides is 1. The number of nitrogens with zero attached hydrogens (tertiary/aromatic N) is 1. The lowest BCUT2D eigenvalue weighted by molar-refractivity contribution is -0.125. The number of furan rings is 1. The molecule has 4 aromatic rings. The molecule has 2 heterocycles. The molecule has 2 aromatic carbocycles. The summed E-state index contributed by atoms with van der Waals surface area (Å²) >= 11 is 0. The summed E-state index contributed by atoms with van der Waals surface area (Å²) in [5.41, 5.74) is 7.97. The number of hydrogen-bond donors (Lipinski definition) is 1. The molecule has 2 aromatic heterocycles. The van der Waals surface area contributed by atoms with Crippen LogP contribution < -0.4 is 5.32 Å². The molecule has 158 valence electrons. The van der Waals surface area contributed by atoms with Gasteiger partial charge in [-0.05, 0) is 68.0 Å². The van der Waals surface area contributed by atoms with Crippen molar-refractivity contribution in [3.63, 3.8) is 0 Å². The lowest BCUT2D eigenvalue weighted by Gasteiger charge is -2.23. The zero-order valence-corrected chi connectivity index (χ0v) is 18.2. The highest BCUT2D eigenvalue weighted by Gasteiger charge is 2.29. The number of fused-ring (bicyclic) bond motifs is 3. The van der Waals surface area contributed by atoms with Crippen LogP contribution in [0, 0.1) is 19.8 Å². The molecule has 1 unspecified atom stereocenters. The van der Waals surface area contributed by atoms with Gasteiger partial charge in [0.15, 0.2) is 0 Å². The number of aryl methyl sites for hydroxylation is 2. The van der Waals surface area contributed by atoms with Crippen molar-refractivity contribution < 1.29 is 9.21 Å². The van der Waals surface area contributed by atoms with Gasteiger partial charge in [0.25, 0.3) is 0 Å². The minimum atomic E-state index is 0.00224. The van der Waals surface area contributed by atoms with Crippen molar-refractivity contribution in [2.75, 3.05) is 0 Å². The second-order valence-electron chi connectivity index (χ2n) is 8.70. The number of benzene rings is 2. The Hall–Kier alpha value is -3.27. The molecule has 31 heavy (non-hydrogen) atoms. The van der Waals surface area contributed by atoms with E-state index < -0.39 is 0 Å². The summed E-state index contributed by atoms with van der Waals surface area (Å²) in [4.78, 5) is 12.9.